The summed E-state index contributed by atoms with van der Waals surface area (Å²) in [5, 5.41) is 4.39. The zero-order chi connectivity index (χ0) is 12.4. The van der Waals surface area contributed by atoms with E-state index in [1.807, 2.05) is 12.1 Å². The number of nitrogens with zero attached hydrogens (tertiary/aromatic N) is 1. The summed E-state index contributed by atoms with van der Waals surface area (Å²) >= 11 is 6.05. The number of rotatable bonds is 2. The first-order chi connectivity index (χ1) is 8.09. The third-order valence-electron chi connectivity index (χ3n) is 2.18. The lowest BCUT2D eigenvalue weighted by Gasteiger charge is -2.03. The molecule has 0 atom stereocenters. The fourth-order valence-corrected chi connectivity index (χ4v) is 1.68. The molecule has 0 aliphatic rings. The molecule has 0 spiro atoms. The molecule has 1 aromatic heterocycles. The lowest BCUT2D eigenvalue weighted by molar-refractivity contribution is -0.131. The van der Waals surface area contributed by atoms with Gasteiger partial charge in [-0.15, -0.1) is 0 Å². The monoisotopic (exact) mass is 251 g/mol. The van der Waals surface area contributed by atoms with Gasteiger partial charge in [0, 0.05) is 19.4 Å². The molecule has 5 heteroatoms. The van der Waals surface area contributed by atoms with Crippen molar-refractivity contribution < 1.29 is 14.1 Å². The van der Waals surface area contributed by atoms with Crippen LogP contribution in [0.3, 0.4) is 0 Å². The van der Waals surface area contributed by atoms with Crippen molar-refractivity contribution in [2.45, 2.75) is 13.8 Å². The molecule has 88 valence electrons. The Morgan fingerprint density at radius 1 is 1.41 bits per heavy atom. The molecule has 0 fully saturated rings. The topological polar surface area (TPSA) is 52.3 Å². The van der Waals surface area contributed by atoms with E-state index in [1.54, 1.807) is 19.1 Å². The molecule has 0 unspecified atom stereocenters. The van der Waals surface area contributed by atoms with Gasteiger partial charge in [0.1, 0.15) is 0 Å². The second kappa shape index (κ2) is 4.59. The lowest BCUT2D eigenvalue weighted by atomic mass is 10.1. The summed E-state index contributed by atoms with van der Waals surface area (Å²) in [5.74, 6) is 0.324. The van der Waals surface area contributed by atoms with Gasteiger partial charge in [-0.3, -0.25) is 4.79 Å². The van der Waals surface area contributed by atoms with Crippen molar-refractivity contribution >= 4 is 17.6 Å². The van der Waals surface area contributed by atoms with Crippen LogP contribution in [0.25, 0.3) is 11.3 Å². The van der Waals surface area contributed by atoms with Gasteiger partial charge in [-0.05, 0) is 6.07 Å². The molecular formula is C12H10ClNO3. The molecule has 0 N–H and O–H groups in total. The average Bonchev–Trinajstić information content (AvgIpc) is 2.61. The maximum Gasteiger partial charge on any atom is 0.308 e. The predicted octanol–water partition coefficient (Wildman–Crippen LogP) is 3.23. The molecule has 1 aromatic carbocycles. The smallest absolute Gasteiger partial charge is 0.308 e. The SMILES string of the molecule is CC(=O)Oc1c(-c2ccccc2Cl)noc1C. The van der Waals surface area contributed by atoms with Crippen LogP contribution < -0.4 is 4.74 Å². The van der Waals surface area contributed by atoms with Gasteiger partial charge in [0.15, 0.2) is 11.5 Å². The molecule has 1 heterocycles. The van der Waals surface area contributed by atoms with E-state index < -0.39 is 5.97 Å². The molecule has 0 saturated heterocycles. The molecular weight excluding hydrogens is 242 g/mol. The van der Waals surface area contributed by atoms with Crippen LogP contribution >= 0.6 is 11.6 Å². The number of halogens is 1. The molecule has 4 nitrogen and oxygen atoms in total. The number of carbonyl (C=O) groups excluding carboxylic acids is 1. The van der Waals surface area contributed by atoms with E-state index in [9.17, 15) is 4.79 Å². The van der Waals surface area contributed by atoms with Crippen molar-refractivity contribution in [2.24, 2.45) is 0 Å². The molecule has 2 aromatic rings. The first-order valence-electron chi connectivity index (χ1n) is 4.99. The largest absolute Gasteiger partial charge is 0.420 e. The van der Waals surface area contributed by atoms with E-state index in [1.165, 1.54) is 6.92 Å². The highest BCUT2D eigenvalue weighted by atomic mass is 35.5. The summed E-state index contributed by atoms with van der Waals surface area (Å²) in [6, 6.07) is 7.15. The van der Waals surface area contributed by atoms with Gasteiger partial charge in [0.2, 0.25) is 5.75 Å². The molecule has 0 radical (unpaired) electrons. The van der Waals surface area contributed by atoms with Gasteiger partial charge in [0.05, 0.1) is 5.02 Å². The Morgan fingerprint density at radius 2 is 2.12 bits per heavy atom. The van der Waals surface area contributed by atoms with E-state index in [2.05, 4.69) is 5.16 Å². The van der Waals surface area contributed by atoms with Crippen LogP contribution in [0.1, 0.15) is 12.7 Å². The van der Waals surface area contributed by atoms with E-state index in [-0.39, 0.29) is 0 Å². The van der Waals surface area contributed by atoms with Crippen LogP contribution in [-0.2, 0) is 4.79 Å². The Bertz CT molecular complexity index is 563. The van der Waals surface area contributed by atoms with Crippen molar-refractivity contribution in [3.63, 3.8) is 0 Å². The molecule has 17 heavy (non-hydrogen) atoms. The van der Waals surface area contributed by atoms with Crippen LogP contribution in [0.2, 0.25) is 5.02 Å². The molecule has 0 amide bonds. The molecule has 0 aliphatic heterocycles. The van der Waals surface area contributed by atoms with Crippen molar-refractivity contribution in [3.05, 3.63) is 35.0 Å². The predicted molar refractivity (Wildman–Crippen MR) is 63.0 cm³/mol. The van der Waals surface area contributed by atoms with Gasteiger partial charge >= 0.3 is 5.97 Å². The molecule has 0 aliphatic carbocycles. The minimum atomic E-state index is -0.426. The quantitative estimate of drug-likeness (QED) is 0.769. The Labute approximate surface area is 103 Å². The summed E-state index contributed by atoms with van der Waals surface area (Å²) in [4.78, 5) is 11.0. The molecule has 0 saturated carbocycles. The van der Waals surface area contributed by atoms with Crippen LogP contribution in [0.5, 0.6) is 5.75 Å². The average molecular weight is 252 g/mol. The van der Waals surface area contributed by atoms with E-state index in [4.69, 9.17) is 20.9 Å². The van der Waals surface area contributed by atoms with Gasteiger partial charge in [0.25, 0.3) is 0 Å². The number of hydrogen-bond donors (Lipinski definition) is 0. The number of benzene rings is 1. The molecule has 0 bridgehead atoms. The Balaban J connectivity index is 2.53. The van der Waals surface area contributed by atoms with Crippen LogP contribution in [-0.4, -0.2) is 11.1 Å². The highest BCUT2D eigenvalue weighted by Crippen LogP contribution is 2.36. The summed E-state index contributed by atoms with van der Waals surface area (Å²) in [7, 11) is 0. The van der Waals surface area contributed by atoms with Crippen molar-refractivity contribution in [3.8, 4) is 17.0 Å². The summed E-state index contributed by atoms with van der Waals surface area (Å²) in [6.07, 6.45) is 0. The summed E-state index contributed by atoms with van der Waals surface area (Å²) < 4.78 is 10.1. The zero-order valence-corrected chi connectivity index (χ0v) is 10.1. The fraction of sp³-hybridized carbons (Fsp3) is 0.167. The number of carbonyl (C=O) groups is 1. The van der Waals surface area contributed by atoms with Gasteiger partial charge in [-0.2, -0.15) is 0 Å². The van der Waals surface area contributed by atoms with E-state index in [0.29, 0.717) is 27.8 Å². The summed E-state index contributed by atoms with van der Waals surface area (Å²) in [5.41, 5.74) is 1.10. The lowest BCUT2D eigenvalue weighted by Crippen LogP contribution is -2.02. The van der Waals surface area contributed by atoms with Crippen LogP contribution in [0.4, 0.5) is 0 Å². The van der Waals surface area contributed by atoms with Crippen molar-refractivity contribution in [1.29, 1.82) is 0 Å². The van der Waals surface area contributed by atoms with Gasteiger partial charge < -0.3 is 9.26 Å². The summed E-state index contributed by atoms with van der Waals surface area (Å²) in [6.45, 7) is 2.99. The highest BCUT2D eigenvalue weighted by molar-refractivity contribution is 6.33. The Hall–Kier alpha value is -1.81. The number of esters is 1. The third-order valence-corrected chi connectivity index (χ3v) is 2.51. The van der Waals surface area contributed by atoms with Gasteiger partial charge in [-0.1, -0.05) is 35.0 Å². The van der Waals surface area contributed by atoms with E-state index >= 15 is 0 Å². The standard InChI is InChI=1S/C12H10ClNO3/c1-7-12(16-8(2)15)11(14-17-7)9-5-3-4-6-10(9)13/h3-6H,1-2H3. The number of aromatic nitrogens is 1. The van der Waals surface area contributed by atoms with Crippen molar-refractivity contribution in [2.75, 3.05) is 0 Å². The first-order valence-corrected chi connectivity index (χ1v) is 5.37. The van der Waals surface area contributed by atoms with E-state index in [0.717, 1.165) is 0 Å². The molecule has 2 rings (SSSR count). The van der Waals surface area contributed by atoms with Crippen LogP contribution in [0.15, 0.2) is 28.8 Å². The maximum atomic E-state index is 11.0. The minimum absolute atomic E-state index is 0.311. The second-order valence-electron chi connectivity index (χ2n) is 3.49. The maximum absolute atomic E-state index is 11.0. The normalized spacial score (nSPS) is 10.3. The highest BCUT2D eigenvalue weighted by Gasteiger charge is 2.19. The van der Waals surface area contributed by atoms with Crippen molar-refractivity contribution in [1.82, 2.24) is 5.16 Å². The first kappa shape index (κ1) is 11.7. The number of hydrogen-bond acceptors (Lipinski definition) is 4. The second-order valence-corrected chi connectivity index (χ2v) is 3.90. The third kappa shape index (κ3) is 2.31. The van der Waals surface area contributed by atoms with Crippen LogP contribution in [0, 0.1) is 6.92 Å². The Kier molecular flexibility index (Phi) is 3.15. The minimum Gasteiger partial charge on any atom is -0.420 e. The Morgan fingerprint density at radius 3 is 2.76 bits per heavy atom. The number of aryl methyl sites for hydroxylation is 1. The number of ether oxygens (including phenoxy) is 1. The van der Waals surface area contributed by atoms with Gasteiger partial charge in [-0.25, -0.2) is 0 Å². The fourth-order valence-electron chi connectivity index (χ4n) is 1.45. The zero-order valence-electron chi connectivity index (χ0n) is 9.36.